The summed E-state index contributed by atoms with van der Waals surface area (Å²) in [6, 6.07) is 23.7. The van der Waals surface area contributed by atoms with E-state index in [9.17, 15) is 8.42 Å². The second-order valence-electron chi connectivity index (χ2n) is 13.1. The van der Waals surface area contributed by atoms with Gasteiger partial charge in [0.1, 0.15) is 0 Å². The SMILES string of the molecule is CC(C)c1cc(C(C)C)c(S(=O)(=O)N[C@@H](c2ccccc2)[C@@H](NCCCCC2=CCC=CC2)c2ccccc2)c(C(C)C)c1. The Labute approximate surface area is 267 Å². The lowest BCUT2D eigenvalue weighted by atomic mass is 9.89. The first-order valence-electron chi connectivity index (χ1n) is 16.4. The van der Waals surface area contributed by atoms with Gasteiger partial charge in [-0.05, 0) is 84.2 Å². The van der Waals surface area contributed by atoms with Gasteiger partial charge in [-0.2, -0.15) is 0 Å². The number of benzene rings is 3. The average molecular weight is 613 g/mol. The average Bonchev–Trinajstić information content (AvgIpc) is 3.02. The molecule has 0 fully saturated rings. The Morgan fingerprint density at radius 1 is 0.682 bits per heavy atom. The summed E-state index contributed by atoms with van der Waals surface area (Å²) in [4.78, 5) is 0.439. The molecule has 0 saturated heterocycles. The van der Waals surface area contributed by atoms with Crippen LogP contribution < -0.4 is 10.0 Å². The van der Waals surface area contributed by atoms with Crippen LogP contribution in [0.15, 0.2) is 101 Å². The van der Waals surface area contributed by atoms with Crippen LogP contribution in [0.25, 0.3) is 0 Å². The molecule has 4 rings (SSSR count). The highest BCUT2D eigenvalue weighted by atomic mass is 32.2. The lowest BCUT2D eigenvalue weighted by Crippen LogP contribution is -2.39. The van der Waals surface area contributed by atoms with E-state index >= 15 is 0 Å². The van der Waals surface area contributed by atoms with Gasteiger partial charge in [0.05, 0.1) is 17.0 Å². The van der Waals surface area contributed by atoms with Crippen molar-refractivity contribution in [1.29, 1.82) is 0 Å². The third kappa shape index (κ3) is 8.80. The molecular formula is C39H52N2O2S. The monoisotopic (exact) mass is 612 g/mol. The molecule has 0 spiro atoms. The van der Waals surface area contributed by atoms with Crippen LogP contribution >= 0.6 is 0 Å². The van der Waals surface area contributed by atoms with Gasteiger partial charge in [0.2, 0.25) is 10.0 Å². The van der Waals surface area contributed by atoms with E-state index in [0.717, 1.165) is 60.9 Å². The fraction of sp³-hybridized carbons (Fsp3) is 0.436. The Morgan fingerprint density at radius 3 is 1.75 bits per heavy atom. The Bertz CT molecular complexity index is 1480. The van der Waals surface area contributed by atoms with E-state index in [4.69, 9.17) is 0 Å². The van der Waals surface area contributed by atoms with Crippen LogP contribution in [0.5, 0.6) is 0 Å². The minimum Gasteiger partial charge on any atom is -0.308 e. The first-order chi connectivity index (χ1) is 21.1. The number of hydrogen-bond acceptors (Lipinski definition) is 3. The molecule has 0 aliphatic heterocycles. The van der Waals surface area contributed by atoms with Crippen molar-refractivity contribution in [3.63, 3.8) is 0 Å². The van der Waals surface area contributed by atoms with Crippen LogP contribution in [0.2, 0.25) is 0 Å². The summed E-state index contributed by atoms with van der Waals surface area (Å²) in [7, 11) is -3.91. The van der Waals surface area contributed by atoms with E-state index in [1.54, 1.807) is 0 Å². The van der Waals surface area contributed by atoms with Crippen molar-refractivity contribution in [2.45, 2.75) is 108 Å². The smallest absolute Gasteiger partial charge is 0.241 e. The van der Waals surface area contributed by atoms with Crippen LogP contribution in [-0.2, 0) is 10.0 Å². The molecule has 0 radical (unpaired) electrons. The predicted molar refractivity (Wildman–Crippen MR) is 186 cm³/mol. The lowest BCUT2D eigenvalue weighted by Gasteiger charge is -2.31. The molecule has 236 valence electrons. The fourth-order valence-electron chi connectivity index (χ4n) is 6.09. The molecule has 1 aliphatic carbocycles. The van der Waals surface area contributed by atoms with Crippen LogP contribution in [0.3, 0.4) is 0 Å². The molecule has 0 bridgehead atoms. The largest absolute Gasteiger partial charge is 0.308 e. The zero-order chi connectivity index (χ0) is 31.7. The number of hydrogen-bond donors (Lipinski definition) is 2. The molecule has 0 aromatic heterocycles. The minimum atomic E-state index is -3.91. The number of allylic oxidation sites excluding steroid dienone is 4. The molecule has 4 nitrogen and oxygen atoms in total. The van der Waals surface area contributed by atoms with Crippen LogP contribution in [0, 0.1) is 0 Å². The van der Waals surface area contributed by atoms with Crippen molar-refractivity contribution in [3.8, 4) is 0 Å². The zero-order valence-corrected chi connectivity index (χ0v) is 28.3. The first kappa shape index (κ1) is 33.9. The van der Waals surface area contributed by atoms with Gasteiger partial charge in [0.15, 0.2) is 0 Å². The predicted octanol–water partition coefficient (Wildman–Crippen LogP) is 9.85. The third-order valence-corrected chi connectivity index (χ3v) is 10.2. The second-order valence-corrected chi connectivity index (χ2v) is 14.7. The molecule has 3 aromatic rings. The normalized spacial score (nSPS) is 15.2. The van der Waals surface area contributed by atoms with Crippen molar-refractivity contribution >= 4 is 10.0 Å². The first-order valence-corrected chi connectivity index (χ1v) is 17.9. The minimum absolute atomic E-state index is 0.0609. The highest BCUT2D eigenvalue weighted by Gasteiger charge is 2.33. The lowest BCUT2D eigenvalue weighted by molar-refractivity contribution is 0.417. The summed E-state index contributed by atoms with van der Waals surface area (Å²) >= 11 is 0. The summed E-state index contributed by atoms with van der Waals surface area (Å²) in [6.07, 6.45) is 12.2. The molecule has 0 saturated carbocycles. The Balaban J connectivity index is 1.71. The van der Waals surface area contributed by atoms with Crippen LogP contribution in [0.4, 0.5) is 0 Å². The van der Waals surface area contributed by atoms with E-state index in [1.807, 2.05) is 48.5 Å². The summed E-state index contributed by atoms with van der Waals surface area (Å²) in [6.45, 7) is 13.5. The Kier molecular flexibility index (Phi) is 12.2. The van der Waals surface area contributed by atoms with Crippen molar-refractivity contribution in [2.75, 3.05) is 6.54 Å². The summed E-state index contributed by atoms with van der Waals surface area (Å²) in [5.74, 6) is 0.431. The van der Waals surface area contributed by atoms with E-state index in [-0.39, 0.29) is 17.9 Å². The van der Waals surface area contributed by atoms with E-state index in [2.05, 4.69) is 94.1 Å². The molecule has 1 aliphatic rings. The highest BCUT2D eigenvalue weighted by Crippen LogP contribution is 2.37. The van der Waals surface area contributed by atoms with Crippen molar-refractivity contribution in [3.05, 3.63) is 124 Å². The van der Waals surface area contributed by atoms with Gasteiger partial charge in [0.25, 0.3) is 0 Å². The summed E-state index contributed by atoms with van der Waals surface area (Å²) in [5.41, 5.74) is 6.47. The zero-order valence-electron chi connectivity index (χ0n) is 27.5. The third-order valence-electron chi connectivity index (χ3n) is 8.66. The highest BCUT2D eigenvalue weighted by molar-refractivity contribution is 7.89. The van der Waals surface area contributed by atoms with E-state index in [0.29, 0.717) is 10.8 Å². The van der Waals surface area contributed by atoms with E-state index in [1.165, 1.54) is 11.1 Å². The topological polar surface area (TPSA) is 58.2 Å². The standard InChI is InChI=1S/C39H52N2O2S/c1-28(2)34-26-35(29(3)4)39(36(27-34)30(5)6)44(42,43)41-38(33-23-14-9-15-24-33)37(32-21-12-8-13-22-32)40-25-17-16-20-31-18-10-7-11-19-31/h7-10,12-15,19,21-24,26-30,37-38,40-41H,11,16-18,20,25H2,1-6H3/t37-,38-/m0/s1. The molecule has 2 atom stereocenters. The van der Waals surface area contributed by atoms with Crippen molar-refractivity contribution in [1.82, 2.24) is 10.0 Å². The number of rotatable bonds is 15. The number of nitrogens with one attached hydrogen (secondary N) is 2. The van der Waals surface area contributed by atoms with Gasteiger partial charge in [-0.1, -0.05) is 138 Å². The van der Waals surface area contributed by atoms with Gasteiger partial charge in [-0.25, -0.2) is 13.1 Å². The Hall–Kier alpha value is -2.99. The van der Waals surface area contributed by atoms with Gasteiger partial charge in [-0.15, -0.1) is 0 Å². The number of unbranched alkanes of at least 4 members (excludes halogenated alkanes) is 1. The molecule has 0 unspecified atom stereocenters. The molecule has 2 N–H and O–H groups in total. The maximum absolute atomic E-state index is 14.7. The fourth-order valence-corrected chi connectivity index (χ4v) is 8.03. The molecule has 0 heterocycles. The van der Waals surface area contributed by atoms with Crippen LogP contribution in [-0.4, -0.2) is 15.0 Å². The van der Waals surface area contributed by atoms with Gasteiger partial charge in [0, 0.05) is 0 Å². The van der Waals surface area contributed by atoms with Crippen molar-refractivity contribution in [2.24, 2.45) is 0 Å². The van der Waals surface area contributed by atoms with E-state index < -0.39 is 16.1 Å². The van der Waals surface area contributed by atoms with Gasteiger partial charge in [-0.3, -0.25) is 0 Å². The quantitative estimate of drug-likeness (QED) is 0.133. The summed E-state index contributed by atoms with van der Waals surface area (Å²) < 4.78 is 32.6. The summed E-state index contributed by atoms with van der Waals surface area (Å²) in [5, 5.41) is 3.78. The molecule has 44 heavy (non-hydrogen) atoms. The number of sulfonamides is 1. The van der Waals surface area contributed by atoms with Crippen LogP contribution in [0.1, 0.15) is 131 Å². The Morgan fingerprint density at radius 2 is 1.25 bits per heavy atom. The molecular weight excluding hydrogens is 561 g/mol. The molecule has 0 amide bonds. The maximum Gasteiger partial charge on any atom is 0.241 e. The molecule has 5 heteroatoms. The molecule has 3 aromatic carbocycles. The maximum atomic E-state index is 14.7. The van der Waals surface area contributed by atoms with Gasteiger partial charge < -0.3 is 5.32 Å². The van der Waals surface area contributed by atoms with Crippen molar-refractivity contribution < 1.29 is 8.42 Å². The second kappa shape index (κ2) is 15.8. The van der Waals surface area contributed by atoms with Gasteiger partial charge >= 0.3 is 0 Å².